The van der Waals surface area contributed by atoms with Gasteiger partial charge in [-0.2, -0.15) is 0 Å². The van der Waals surface area contributed by atoms with Crippen LogP contribution in [0.2, 0.25) is 0 Å². The van der Waals surface area contributed by atoms with E-state index in [9.17, 15) is 14.2 Å². The first-order chi connectivity index (χ1) is 14.5. The molecule has 0 aromatic heterocycles. The molecule has 1 aromatic rings. The Labute approximate surface area is 184 Å². The molecule has 0 saturated carbocycles. The number of rotatable bonds is 13. The predicted molar refractivity (Wildman–Crippen MR) is 117 cm³/mol. The second-order valence-electron chi connectivity index (χ2n) is 7.80. The van der Waals surface area contributed by atoms with Crippen molar-refractivity contribution < 1.29 is 37.4 Å². The van der Waals surface area contributed by atoms with Crippen molar-refractivity contribution in [2.75, 3.05) is 34.1 Å². The molecule has 0 radical (unpaired) electrons. The van der Waals surface area contributed by atoms with Crippen LogP contribution in [0.1, 0.15) is 32.8 Å². The Balaban J connectivity index is 2.76. The molecule has 0 heterocycles. The average molecular weight is 456 g/mol. The average Bonchev–Trinajstić information content (AvgIpc) is 2.74. The molecule has 0 aliphatic rings. The molecule has 0 fully saturated rings. The number of carbonyl (C=O) groups excluding carboxylic acids is 2. The van der Waals surface area contributed by atoms with Crippen LogP contribution in [0.4, 0.5) is 0 Å². The molecule has 1 rings (SSSR count). The van der Waals surface area contributed by atoms with E-state index < -0.39 is 31.1 Å². The third kappa shape index (κ3) is 9.78. The number of benzene rings is 1. The highest BCUT2D eigenvalue weighted by atomic mass is 31.2. The molecule has 31 heavy (non-hydrogen) atoms. The largest absolute Gasteiger partial charge is 0.497 e. The highest BCUT2D eigenvalue weighted by molar-refractivity contribution is 7.54. The third-order valence-corrected chi connectivity index (χ3v) is 6.13. The fraction of sp³-hybridized carbons (Fsp3) is 0.545. The fourth-order valence-electron chi connectivity index (χ4n) is 2.34. The molecule has 8 nitrogen and oxygen atoms in total. The molecule has 1 atom stereocenters. The highest BCUT2D eigenvalue weighted by Gasteiger charge is 2.30. The van der Waals surface area contributed by atoms with Crippen LogP contribution in [-0.2, 0) is 39.3 Å². The molecule has 0 amide bonds. The zero-order valence-electron chi connectivity index (χ0n) is 19.1. The second kappa shape index (κ2) is 12.8. The number of ketones is 1. The van der Waals surface area contributed by atoms with Crippen molar-refractivity contribution in [3.63, 3.8) is 0 Å². The molecule has 0 N–H and O–H groups in total. The summed E-state index contributed by atoms with van der Waals surface area (Å²) in [4.78, 5) is 24.5. The Bertz CT molecular complexity index is 772. The van der Waals surface area contributed by atoms with Gasteiger partial charge in [0, 0.05) is 14.2 Å². The summed E-state index contributed by atoms with van der Waals surface area (Å²) in [6.07, 6.45) is 2.29. The van der Waals surface area contributed by atoms with E-state index in [1.165, 1.54) is 14.2 Å². The Morgan fingerprint density at radius 2 is 1.65 bits per heavy atom. The standard InChI is InChI=1S/C22H33O8P/c1-22(2,3)21(24)29-14-8-7-9-20(19(23)16-31(25,27-5)28-6)30-15-17-10-12-18(26-4)13-11-17/h7-8,10-13,20H,9,14-16H2,1-6H3/b8-7+. The van der Waals surface area contributed by atoms with Gasteiger partial charge in [-0.1, -0.05) is 24.3 Å². The monoisotopic (exact) mass is 456 g/mol. The van der Waals surface area contributed by atoms with E-state index >= 15 is 0 Å². The maximum atomic E-state index is 12.7. The van der Waals surface area contributed by atoms with Crippen molar-refractivity contribution in [3.8, 4) is 5.75 Å². The van der Waals surface area contributed by atoms with E-state index in [1.54, 1.807) is 52.2 Å². The number of hydrogen-bond donors (Lipinski definition) is 0. The van der Waals surface area contributed by atoms with Crippen LogP contribution in [0.25, 0.3) is 0 Å². The fourth-order valence-corrected chi connectivity index (χ4v) is 3.33. The van der Waals surface area contributed by atoms with Crippen LogP contribution in [0, 0.1) is 5.41 Å². The van der Waals surface area contributed by atoms with Gasteiger partial charge in [0.25, 0.3) is 0 Å². The van der Waals surface area contributed by atoms with Gasteiger partial charge < -0.3 is 23.3 Å². The smallest absolute Gasteiger partial charge is 0.337 e. The van der Waals surface area contributed by atoms with E-state index in [0.29, 0.717) is 5.75 Å². The van der Waals surface area contributed by atoms with Gasteiger partial charge in [0.2, 0.25) is 0 Å². The van der Waals surface area contributed by atoms with Crippen LogP contribution >= 0.6 is 7.60 Å². The van der Waals surface area contributed by atoms with E-state index in [4.69, 9.17) is 23.3 Å². The summed E-state index contributed by atoms with van der Waals surface area (Å²) < 4.78 is 38.2. The maximum Gasteiger partial charge on any atom is 0.337 e. The van der Waals surface area contributed by atoms with Gasteiger partial charge in [-0.15, -0.1) is 0 Å². The quantitative estimate of drug-likeness (QED) is 0.248. The Morgan fingerprint density at radius 3 is 2.16 bits per heavy atom. The van der Waals surface area contributed by atoms with E-state index in [0.717, 1.165) is 5.56 Å². The summed E-state index contributed by atoms with van der Waals surface area (Å²) in [6, 6.07) is 7.25. The molecule has 1 aromatic carbocycles. The van der Waals surface area contributed by atoms with E-state index in [1.807, 2.05) is 12.1 Å². The summed E-state index contributed by atoms with van der Waals surface area (Å²) in [7, 11) is 0.526. The number of carbonyl (C=O) groups is 2. The number of methoxy groups -OCH3 is 1. The summed E-state index contributed by atoms with van der Waals surface area (Å²) in [5.41, 5.74) is 0.262. The van der Waals surface area contributed by atoms with Crippen LogP contribution in [0.5, 0.6) is 5.75 Å². The van der Waals surface area contributed by atoms with Gasteiger partial charge in [0.1, 0.15) is 24.6 Å². The lowest BCUT2D eigenvalue weighted by Gasteiger charge is -2.19. The number of esters is 1. The normalized spacial score (nSPS) is 13.2. The van der Waals surface area contributed by atoms with Crippen molar-refractivity contribution in [2.45, 2.75) is 39.9 Å². The number of hydrogen-bond acceptors (Lipinski definition) is 8. The third-order valence-electron chi connectivity index (χ3n) is 4.32. The van der Waals surface area contributed by atoms with Gasteiger partial charge in [-0.3, -0.25) is 14.2 Å². The molecule has 0 saturated heterocycles. The Hall–Kier alpha value is -1.99. The zero-order chi connectivity index (χ0) is 23.5. The van der Waals surface area contributed by atoms with Crippen LogP contribution < -0.4 is 4.74 Å². The van der Waals surface area contributed by atoms with E-state index in [-0.39, 0.29) is 25.6 Å². The molecule has 174 valence electrons. The summed E-state index contributed by atoms with van der Waals surface area (Å²) >= 11 is 0. The molecular weight excluding hydrogens is 423 g/mol. The number of ether oxygens (including phenoxy) is 3. The topological polar surface area (TPSA) is 97.4 Å². The Morgan fingerprint density at radius 1 is 1.03 bits per heavy atom. The van der Waals surface area contributed by atoms with Gasteiger partial charge in [0.15, 0.2) is 5.78 Å². The molecular formula is C22H33O8P. The van der Waals surface area contributed by atoms with Crippen molar-refractivity contribution in [1.82, 2.24) is 0 Å². The summed E-state index contributed by atoms with van der Waals surface area (Å²) in [5, 5.41) is 0. The first-order valence-corrected chi connectivity index (χ1v) is 11.6. The van der Waals surface area contributed by atoms with E-state index in [2.05, 4.69) is 0 Å². The molecule has 0 spiro atoms. The van der Waals surface area contributed by atoms with Crippen LogP contribution in [0.3, 0.4) is 0 Å². The minimum absolute atomic E-state index is 0.0874. The second-order valence-corrected chi connectivity index (χ2v) is 10.1. The van der Waals surface area contributed by atoms with Crippen molar-refractivity contribution in [2.24, 2.45) is 5.41 Å². The molecule has 0 bridgehead atoms. The lowest BCUT2D eigenvalue weighted by molar-refractivity contribution is -0.151. The van der Waals surface area contributed by atoms with Gasteiger partial charge in [0.05, 0.1) is 19.1 Å². The van der Waals surface area contributed by atoms with Crippen molar-refractivity contribution >= 4 is 19.3 Å². The van der Waals surface area contributed by atoms with Crippen LogP contribution in [-0.4, -0.2) is 52.0 Å². The number of Topliss-reactive ketones (excluding diaryl/α,β-unsaturated/α-hetero) is 1. The SMILES string of the molecule is COc1ccc(COC(C/C=C/COC(=O)C(C)(C)C)C(=O)CP(=O)(OC)OC)cc1. The summed E-state index contributed by atoms with van der Waals surface area (Å²) in [5.74, 6) is -0.0104. The van der Waals surface area contributed by atoms with Crippen LogP contribution in [0.15, 0.2) is 36.4 Å². The van der Waals surface area contributed by atoms with Crippen molar-refractivity contribution in [3.05, 3.63) is 42.0 Å². The highest BCUT2D eigenvalue weighted by Crippen LogP contribution is 2.46. The molecule has 0 aliphatic heterocycles. The zero-order valence-corrected chi connectivity index (χ0v) is 20.0. The predicted octanol–water partition coefficient (Wildman–Crippen LogP) is 4.17. The van der Waals surface area contributed by atoms with Crippen molar-refractivity contribution in [1.29, 1.82) is 0 Å². The van der Waals surface area contributed by atoms with Gasteiger partial charge in [-0.05, 0) is 44.9 Å². The lowest BCUT2D eigenvalue weighted by Crippen LogP contribution is -2.27. The molecule has 0 aliphatic carbocycles. The summed E-state index contributed by atoms with van der Waals surface area (Å²) in [6.45, 7) is 5.57. The first kappa shape index (κ1) is 27.0. The minimum Gasteiger partial charge on any atom is -0.497 e. The molecule has 9 heteroatoms. The minimum atomic E-state index is -3.51. The van der Waals surface area contributed by atoms with Gasteiger partial charge in [-0.25, -0.2) is 0 Å². The lowest BCUT2D eigenvalue weighted by atomic mass is 9.97. The molecule has 1 unspecified atom stereocenters. The first-order valence-electron chi connectivity index (χ1n) is 9.84. The maximum absolute atomic E-state index is 12.7. The Kier molecular flexibility index (Phi) is 11.1. The van der Waals surface area contributed by atoms with Gasteiger partial charge >= 0.3 is 13.6 Å².